The van der Waals surface area contributed by atoms with Crippen LogP contribution < -0.4 is 14.9 Å². The van der Waals surface area contributed by atoms with Crippen LogP contribution in [0.15, 0.2) is 68.3 Å². The van der Waals surface area contributed by atoms with Crippen molar-refractivity contribution in [3.63, 3.8) is 0 Å². The van der Waals surface area contributed by atoms with Crippen LogP contribution >= 0.6 is 27.5 Å². The van der Waals surface area contributed by atoms with Gasteiger partial charge in [-0.15, -0.1) is 0 Å². The van der Waals surface area contributed by atoms with E-state index in [9.17, 15) is 22.8 Å². The van der Waals surface area contributed by atoms with Gasteiger partial charge in [-0.1, -0.05) is 27.5 Å². The fraction of sp³-hybridized carbons (Fsp3) is 0.120. The smallest absolute Gasteiger partial charge is 0.449 e. The quantitative estimate of drug-likeness (QED) is 0.186. The minimum atomic E-state index is -5.04. The number of hydrogen-bond donors (Lipinski definition) is 0. The Hall–Kier alpha value is -3.30. The van der Waals surface area contributed by atoms with E-state index >= 15 is 0 Å². The van der Waals surface area contributed by atoms with Gasteiger partial charge in [0.25, 0.3) is 5.76 Å². The van der Waals surface area contributed by atoms with Gasteiger partial charge in [0.2, 0.25) is 11.2 Å². The van der Waals surface area contributed by atoms with Crippen molar-refractivity contribution in [2.24, 2.45) is 0 Å². The molecule has 0 aliphatic carbocycles. The van der Waals surface area contributed by atoms with Crippen molar-refractivity contribution in [3.8, 4) is 17.2 Å². The van der Waals surface area contributed by atoms with E-state index in [4.69, 9.17) is 25.5 Å². The highest BCUT2D eigenvalue weighted by atomic mass is 79.9. The van der Waals surface area contributed by atoms with Gasteiger partial charge >= 0.3 is 12.1 Å². The maximum Gasteiger partial charge on any atom is 0.453 e. The first-order valence-electron chi connectivity index (χ1n) is 10.0. The van der Waals surface area contributed by atoms with Crippen LogP contribution in [0.5, 0.6) is 17.2 Å². The van der Waals surface area contributed by atoms with Crippen molar-refractivity contribution in [2.45, 2.75) is 20.0 Å². The number of carbonyl (C=O) groups excluding carboxylic acids is 1. The first-order chi connectivity index (χ1) is 16.4. The summed E-state index contributed by atoms with van der Waals surface area (Å²) in [6, 6.07) is 12.7. The fourth-order valence-corrected chi connectivity index (χ4v) is 3.71. The van der Waals surface area contributed by atoms with Crippen LogP contribution in [0, 0.1) is 13.8 Å². The largest absolute Gasteiger partial charge is 0.453 e. The molecule has 0 unspecified atom stereocenters. The molecule has 0 bridgehead atoms. The monoisotopic (exact) mass is 566 g/mol. The van der Waals surface area contributed by atoms with Crippen LogP contribution in [0.25, 0.3) is 11.0 Å². The Morgan fingerprint density at radius 2 is 1.60 bits per heavy atom. The average molecular weight is 568 g/mol. The summed E-state index contributed by atoms with van der Waals surface area (Å²) in [4.78, 5) is 25.4. The molecule has 0 fully saturated rings. The summed E-state index contributed by atoms with van der Waals surface area (Å²) < 4.78 is 57.9. The molecule has 5 nitrogen and oxygen atoms in total. The number of benzene rings is 3. The van der Waals surface area contributed by atoms with E-state index in [0.717, 1.165) is 10.5 Å². The van der Waals surface area contributed by atoms with Gasteiger partial charge in [0, 0.05) is 15.6 Å². The molecular weight excluding hydrogens is 553 g/mol. The number of ether oxygens (including phenoxy) is 2. The Morgan fingerprint density at radius 3 is 2.20 bits per heavy atom. The van der Waals surface area contributed by atoms with Gasteiger partial charge in [-0.2, -0.15) is 13.2 Å². The predicted molar refractivity (Wildman–Crippen MR) is 128 cm³/mol. The summed E-state index contributed by atoms with van der Waals surface area (Å²) in [5, 5.41) is 0.253. The van der Waals surface area contributed by atoms with Crippen molar-refractivity contribution >= 4 is 44.5 Å². The summed E-state index contributed by atoms with van der Waals surface area (Å²) in [6.45, 7) is 3.32. The molecule has 0 spiro atoms. The Balaban J connectivity index is 1.76. The van der Waals surface area contributed by atoms with Crippen LogP contribution in [0.1, 0.15) is 27.2 Å². The molecule has 10 heteroatoms. The summed E-state index contributed by atoms with van der Waals surface area (Å²) in [5.74, 6) is -3.45. The van der Waals surface area contributed by atoms with E-state index in [0.29, 0.717) is 16.1 Å². The summed E-state index contributed by atoms with van der Waals surface area (Å²) >= 11 is 9.36. The van der Waals surface area contributed by atoms with E-state index in [1.54, 1.807) is 26.0 Å². The molecule has 0 radical (unpaired) electrons. The molecule has 1 aromatic heterocycles. The van der Waals surface area contributed by atoms with Crippen LogP contribution in [0.2, 0.25) is 5.02 Å². The Bertz CT molecular complexity index is 1490. The zero-order valence-electron chi connectivity index (χ0n) is 18.1. The van der Waals surface area contributed by atoms with Crippen molar-refractivity contribution in [1.29, 1.82) is 0 Å². The zero-order valence-corrected chi connectivity index (χ0v) is 20.5. The van der Waals surface area contributed by atoms with E-state index in [1.165, 1.54) is 36.4 Å². The van der Waals surface area contributed by atoms with Gasteiger partial charge < -0.3 is 13.9 Å². The topological polar surface area (TPSA) is 65.7 Å². The van der Waals surface area contributed by atoms with Crippen LogP contribution in [0.4, 0.5) is 13.2 Å². The second kappa shape index (κ2) is 9.39. The Morgan fingerprint density at radius 1 is 0.971 bits per heavy atom. The summed E-state index contributed by atoms with van der Waals surface area (Å²) in [7, 11) is 0. The van der Waals surface area contributed by atoms with E-state index < -0.39 is 34.7 Å². The van der Waals surface area contributed by atoms with Crippen molar-refractivity contribution in [2.75, 3.05) is 0 Å². The zero-order chi connectivity index (χ0) is 25.5. The maximum absolute atomic E-state index is 13.8. The molecule has 0 aliphatic rings. The van der Waals surface area contributed by atoms with Crippen LogP contribution in [-0.2, 0) is 6.18 Å². The standard InChI is InChI=1S/C25H15BrClF3O5/c1-12-9-17(10-13(2)20(12)27)33-22-21(31)18-8-7-16(11-19(18)35-23(22)25(28,29)30)34-24(32)14-3-5-15(26)6-4-14/h3-11H,1-2H3. The molecule has 3 aromatic carbocycles. The van der Waals surface area contributed by atoms with Crippen LogP contribution in [-0.4, -0.2) is 5.97 Å². The lowest BCUT2D eigenvalue weighted by molar-refractivity contribution is -0.154. The molecule has 0 N–H and O–H groups in total. The molecule has 0 saturated carbocycles. The second-order valence-electron chi connectivity index (χ2n) is 7.61. The van der Waals surface area contributed by atoms with Crippen molar-refractivity contribution < 1.29 is 31.9 Å². The molecule has 0 amide bonds. The lowest BCUT2D eigenvalue weighted by atomic mass is 10.1. The molecule has 0 aliphatic heterocycles. The summed E-state index contributed by atoms with van der Waals surface area (Å²) in [5.41, 5.74) is -0.0906. The molecule has 0 atom stereocenters. The number of esters is 1. The van der Waals surface area contributed by atoms with E-state index in [-0.39, 0.29) is 22.4 Å². The van der Waals surface area contributed by atoms with Gasteiger partial charge in [0.1, 0.15) is 17.1 Å². The molecule has 180 valence electrons. The molecule has 35 heavy (non-hydrogen) atoms. The number of rotatable bonds is 4. The Labute approximate surface area is 210 Å². The fourth-order valence-electron chi connectivity index (χ4n) is 3.33. The maximum atomic E-state index is 13.8. The van der Waals surface area contributed by atoms with Gasteiger partial charge in [0.05, 0.1) is 10.9 Å². The van der Waals surface area contributed by atoms with Crippen molar-refractivity contribution in [1.82, 2.24) is 0 Å². The lowest BCUT2D eigenvalue weighted by Crippen LogP contribution is -2.16. The highest BCUT2D eigenvalue weighted by Gasteiger charge is 2.40. The third-order valence-corrected chi connectivity index (χ3v) is 6.12. The number of halogens is 5. The number of hydrogen-bond acceptors (Lipinski definition) is 5. The van der Waals surface area contributed by atoms with Crippen molar-refractivity contribution in [3.05, 3.63) is 96.8 Å². The third-order valence-electron chi connectivity index (χ3n) is 5.00. The van der Waals surface area contributed by atoms with E-state index in [2.05, 4.69) is 15.9 Å². The number of aryl methyl sites for hydroxylation is 2. The van der Waals surface area contributed by atoms with Crippen LogP contribution in [0.3, 0.4) is 0 Å². The Kier molecular flexibility index (Phi) is 6.66. The minimum Gasteiger partial charge on any atom is -0.449 e. The number of carbonyl (C=O) groups is 1. The number of fused-ring (bicyclic) bond motifs is 1. The van der Waals surface area contributed by atoms with E-state index in [1.807, 2.05) is 0 Å². The van der Waals surface area contributed by atoms with Gasteiger partial charge in [0.15, 0.2) is 0 Å². The first-order valence-corrected chi connectivity index (χ1v) is 11.2. The minimum absolute atomic E-state index is 0.00148. The molecular formula is C25H15BrClF3O5. The molecule has 4 rings (SSSR count). The molecule has 4 aromatic rings. The second-order valence-corrected chi connectivity index (χ2v) is 8.91. The highest BCUT2D eigenvalue weighted by Crippen LogP contribution is 2.39. The predicted octanol–water partition coefficient (Wildman–Crippen LogP) is 7.86. The number of alkyl halides is 3. The van der Waals surface area contributed by atoms with Gasteiger partial charge in [-0.25, -0.2) is 4.79 Å². The highest BCUT2D eigenvalue weighted by molar-refractivity contribution is 9.10. The lowest BCUT2D eigenvalue weighted by Gasteiger charge is -2.15. The third kappa shape index (κ3) is 5.21. The molecule has 0 saturated heterocycles. The normalized spacial score (nSPS) is 11.5. The first kappa shape index (κ1) is 24.8. The van der Waals surface area contributed by atoms with Gasteiger partial charge in [-0.3, -0.25) is 4.79 Å². The van der Waals surface area contributed by atoms with Gasteiger partial charge in [-0.05, 0) is 73.5 Å². The summed E-state index contributed by atoms with van der Waals surface area (Å²) in [6.07, 6.45) is -5.04. The average Bonchev–Trinajstić information content (AvgIpc) is 2.78. The SMILES string of the molecule is Cc1cc(Oc2c(C(F)(F)F)oc3cc(OC(=O)c4ccc(Br)cc4)ccc3c2=O)cc(C)c1Cl. The molecule has 1 heterocycles.